The number of hydrogen-bond donors (Lipinski definition) is 3. The molecule has 1 aliphatic carbocycles. The summed E-state index contributed by atoms with van der Waals surface area (Å²) in [6.45, 7) is 2.80. The maximum absolute atomic E-state index is 13.7. The van der Waals surface area contributed by atoms with E-state index in [0.717, 1.165) is 24.7 Å². The molecule has 0 spiro atoms. The predicted octanol–water partition coefficient (Wildman–Crippen LogP) is 5.23. The van der Waals surface area contributed by atoms with E-state index in [1.807, 2.05) is 6.07 Å². The van der Waals surface area contributed by atoms with Crippen LogP contribution in [0.3, 0.4) is 0 Å². The molecule has 17 heteroatoms. The van der Waals surface area contributed by atoms with Crippen molar-refractivity contribution in [3.05, 3.63) is 101 Å². The largest absolute Gasteiger partial charge is 0.502 e. The van der Waals surface area contributed by atoms with Crippen LogP contribution in [-0.4, -0.2) is 116 Å². The smallest absolute Gasteiger partial charge is 0.371 e. The molecule has 1 aliphatic rings. The van der Waals surface area contributed by atoms with E-state index in [-0.39, 0.29) is 56.1 Å². The molecule has 1 aromatic heterocycles. The second-order valence-corrected chi connectivity index (χ2v) is 15.2. The molecule has 0 atom stereocenters. The zero-order valence-electron chi connectivity index (χ0n) is 32.2. The summed E-state index contributed by atoms with van der Waals surface area (Å²) in [5.74, 6) is -3.68. The molecule has 3 aromatic carbocycles. The Morgan fingerprint density at radius 3 is 2.03 bits per heavy atom. The van der Waals surface area contributed by atoms with E-state index < -0.39 is 33.4 Å². The van der Waals surface area contributed by atoms with Gasteiger partial charge < -0.3 is 43.6 Å². The molecule has 0 bridgehead atoms. The number of aliphatic carboxylic acids is 1. The highest BCUT2D eigenvalue weighted by Crippen LogP contribution is 2.48. The van der Waals surface area contributed by atoms with Crippen LogP contribution in [0.5, 0.6) is 0 Å². The van der Waals surface area contributed by atoms with Gasteiger partial charge in [-0.1, -0.05) is 18.2 Å². The molecule has 1 saturated carbocycles. The van der Waals surface area contributed by atoms with Gasteiger partial charge in [-0.3, -0.25) is 13.9 Å². The fraction of sp³-hybridized carbons (Fsp3) is 0.390. The van der Waals surface area contributed by atoms with Crippen molar-refractivity contribution in [2.24, 2.45) is 0 Å². The highest BCUT2D eigenvalue weighted by Gasteiger charge is 2.33. The number of nitrogens with one attached hydrogen (secondary N) is 1. The Balaban J connectivity index is 0.996. The number of halogens is 1. The van der Waals surface area contributed by atoms with Crippen molar-refractivity contribution in [1.82, 2.24) is 5.32 Å². The van der Waals surface area contributed by atoms with Crippen LogP contribution in [0.15, 0.2) is 76.9 Å². The molecule has 3 N–H and O–H groups in total. The normalized spacial score (nSPS) is 13.2. The number of ether oxygens (including phenoxy) is 5. The lowest BCUT2D eigenvalue weighted by molar-refractivity contribution is -0.135. The number of nitrogens with zero attached hydrogens (tertiary/aromatic N) is 1. The molecule has 1 heterocycles. The van der Waals surface area contributed by atoms with Gasteiger partial charge in [-0.15, -0.1) is 0 Å². The molecule has 0 aliphatic heterocycles. The average molecular weight is 827 g/mol. The summed E-state index contributed by atoms with van der Waals surface area (Å²) < 4.78 is 75.2. The fourth-order valence-corrected chi connectivity index (χ4v) is 6.93. The SMILES string of the molecule is CNC(=O)c1c(-c2ccc(F)cc2)oc2cc(N(CCOCCOCCOCCOCCOCc3cccc(C(=O)/C=C(\O)C(=O)O)c3)S(C)(=O)=O)c(C3CC3)cc12. The summed E-state index contributed by atoms with van der Waals surface area (Å²) in [6.07, 6.45) is 3.54. The Morgan fingerprint density at radius 2 is 1.47 bits per heavy atom. The summed E-state index contributed by atoms with van der Waals surface area (Å²) in [7, 11) is -2.23. The van der Waals surface area contributed by atoms with Crippen LogP contribution in [0.25, 0.3) is 22.3 Å². The summed E-state index contributed by atoms with van der Waals surface area (Å²) >= 11 is 0. The number of aliphatic hydroxyl groups excluding tert-OH is 1. The second kappa shape index (κ2) is 21.0. The number of rotatable bonds is 25. The molecule has 0 radical (unpaired) electrons. The number of carbonyl (C=O) groups is 3. The fourth-order valence-electron chi connectivity index (χ4n) is 6.01. The van der Waals surface area contributed by atoms with Crippen molar-refractivity contribution in [2.75, 3.05) is 83.6 Å². The number of carboxylic acid groups (broad SMARTS) is 1. The molecule has 1 amide bonds. The Hall–Kier alpha value is -5.17. The van der Waals surface area contributed by atoms with Gasteiger partial charge in [-0.25, -0.2) is 17.6 Å². The number of carboxylic acids is 1. The third-order valence-electron chi connectivity index (χ3n) is 8.98. The predicted molar refractivity (Wildman–Crippen MR) is 211 cm³/mol. The standard InChI is InChI=1S/C41H47FN2O13S/c1-43-40(47)38-33-23-32(28-6-7-28)34(24-37(33)57-39(38)29-8-10-31(42)11-9-29)44(58(2,50)51)12-13-52-14-15-53-16-17-54-18-19-55-20-21-56-26-27-4-3-5-30(22-27)35(45)25-36(46)41(48)49/h3-5,8-11,22-25,28,46H,6-7,12-21,26H2,1-2H3,(H,43,47)(H,48,49)/b36-25-. The number of fused-ring (bicyclic) bond motifs is 1. The molecule has 4 aromatic rings. The molecule has 5 rings (SSSR count). The Labute approximate surface area is 335 Å². The molecular formula is C41H47FN2O13S. The van der Waals surface area contributed by atoms with E-state index in [1.54, 1.807) is 24.3 Å². The van der Waals surface area contributed by atoms with Crippen molar-refractivity contribution in [3.63, 3.8) is 0 Å². The van der Waals surface area contributed by atoms with E-state index in [1.165, 1.54) is 41.7 Å². The van der Waals surface area contributed by atoms with Crippen LogP contribution < -0.4 is 9.62 Å². The molecule has 0 unspecified atom stereocenters. The molecule has 312 valence electrons. The molecular weight excluding hydrogens is 780 g/mol. The topological polar surface area (TPSA) is 200 Å². The Bertz CT molecular complexity index is 2180. The van der Waals surface area contributed by atoms with Gasteiger partial charge in [-0.05, 0) is 66.3 Å². The quantitative estimate of drug-likeness (QED) is 0.0340. The van der Waals surface area contributed by atoms with Crippen LogP contribution in [0.2, 0.25) is 0 Å². The number of aliphatic hydroxyl groups is 1. The first-order valence-corrected chi connectivity index (χ1v) is 20.4. The molecule has 1 fully saturated rings. The van der Waals surface area contributed by atoms with Crippen molar-refractivity contribution < 1.29 is 65.5 Å². The van der Waals surface area contributed by atoms with Crippen LogP contribution >= 0.6 is 0 Å². The van der Waals surface area contributed by atoms with Gasteiger partial charge in [-0.2, -0.15) is 0 Å². The van der Waals surface area contributed by atoms with Crippen molar-refractivity contribution >= 4 is 44.3 Å². The molecule has 58 heavy (non-hydrogen) atoms. The number of sulfonamides is 1. The number of allylic oxidation sites excluding steroid dienone is 1. The lowest BCUT2D eigenvalue weighted by atomic mass is 10.0. The van der Waals surface area contributed by atoms with Crippen LogP contribution in [0, 0.1) is 5.82 Å². The van der Waals surface area contributed by atoms with Crippen LogP contribution in [-0.2, 0) is 45.1 Å². The summed E-state index contributed by atoms with van der Waals surface area (Å²) in [5, 5.41) is 21.2. The van der Waals surface area contributed by atoms with Gasteiger partial charge in [0.2, 0.25) is 15.8 Å². The molecule has 0 saturated heterocycles. The lowest BCUT2D eigenvalue weighted by Gasteiger charge is -2.25. The number of hydrogen-bond acceptors (Lipinski definition) is 12. The Kier molecular flexibility index (Phi) is 15.9. The third kappa shape index (κ3) is 12.4. The first kappa shape index (κ1) is 43.9. The minimum Gasteiger partial charge on any atom is -0.502 e. The monoisotopic (exact) mass is 826 g/mol. The van der Waals surface area contributed by atoms with E-state index >= 15 is 0 Å². The highest BCUT2D eigenvalue weighted by molar-refractivity contribution is 7.92. The summed E-state index contributed by atoms with van der Waals surface area (Å²) in [4.78, 5) is 35.9. The third-order valence-corrected chi connectivity index (χ3v) is 10.2. The Morgan fingerprint density at radius 1 is 0.862 bits per heavy atom. The van der Waals surface area contributed by atoms with Crippen molar-refractivity contribution in [2.45, 2.75) is 25.4 Å². The van der Waals surface area contributed by atoms with Gasteiger partial charge in [0.25, 0.3) is 5.91 Å². The second-order valence-electron chi connectivity index (χ2n) is 13.3. The number of ketones is 1. The first-order valence-electron chi connectivity index (χ1n) is 18.6. The number of amides is 1. The van der Waals surface area contributed by atoms with E-state index in [9.17, 15) is 32.3 Å². The minimum absolute atomic E-state index is 0.0420. The van der Waals surface area contributed by atoms with Gasteiger partial charge in [0, 0.05) is 35.7 Å². The number of carbonyl (C=O) groups excluding carboxylic acids is 2. The zero-order chi connectivity index (χ0) is 41.7. The maximum atomic E-state index is 13.7. The summed E-state index contributed by atoms with van der Waals surface area (Å²) in [5.41, 5.74) is 3.30. The van der Waals surface area contributed by atoms with Crippen molar-refractivity contribution in [1.29, 1.82) is 0 Å². The summed E-state index contributed by atoms with van der Waals surface area (Å²) in [6, 6.07) is 15.5. The number of anilines is 1. The van der Waals surface area contributed by atoms with Crippen LogP contribution in [0.4, 0.5) is 10.1 Å². The molecule has 15 nitrogen and oxygen atoms in total. The van der Waals surface area contributed by atoms with E-state index in [2.05, 4.69) is 5.32 Å². The minimum atomic E-state index is -3.74. The zero-order valence-corrected chi connectivity index (χ0v) is 33.1. The number of benzene rings is 3. The van der Waals surface area contributed by atoms with Gasteiger partial charge in [0.15, 0.2) is 5.78 Å². The highest BCUT2D eigenvalue weighted by atomic mass is 32.2. The van der Waals surface area contributed by atoms with Crippen LogP contribution in [0.1, 0.15) is 50.6 Å². The van der Waals surface area contributed by atoms with Gasteiger partial charge in [0.1, 0.15) is 17.2 Å². The maximum Gasteiger partial charge on any atom is 0.371 e. The van der Waals surface area contributed by atoms with Crippen molar-refractivity contribution in [3.8, 4) is 11.3 Å². The average Bonchev–Trinajstić information content (AvgIpc) is 3.98. The lowest BCUT2D eigenvalue weighted by Crippen LogP contribution is -2.34. The number of furan rings is 1. The first-order chi connectivity index (χ1) is 27.9. The van der Waals surface area contributed by atoms with E-state index in [0.29, 0.717) is 79.1 Å². The van der Waals surface area contributed by atoms with Gasteiger partial charge in [0.05, 0.1) is 90.1 Å². The van der Waals surface area contributed by atoms with E-state index in [4.69, 9.17) is 33.2 Å². The van der Waals surface area contributed by atoms with Gasteiger partial charge >= 0.3 is 5.97 Å².